The van der Waals surface area contributed by atoms with Crippen LogP contribution in [0.15, 0.2) is 28.8 Å². The zero-order valence-corrected chi connectivity index (χ0v) is 13.8. The lowest BCUT2D eigenvalue weighted by molar-refractivity contribution is 0.0947. The molecule has 1 heterocycles. The van der Waals surface area contributed by atoms with E-state index in [0.717, 1.165) is 22.6 Å². The van der Waals surface area contributed by atoms with Crippen molar-refractivity contribution in [3.8, 4) is 5.75 Å². The van der Waals surface area contributed by atoms with Crippen molar-refractivity contribution in [2.45, 2.75) is 20.5 Å². The molecule has 2 rings (SSSR count). The van der Waals surface area contributed by atoms with Crippen molar-refractivity contribution in [2.24, 2.45) is 0 Å². The number of carbonyl (C=O) groups excluding carboxylic acids is 1. The van der Waals surface area contributed by atoms with Gasteiger partial charge in [0.2, 0.25) is 0 Å². The van der Waals surface area contributed by atoms with Crippen molar-refractivity contribution in [3.63, 3.8) is 0 Å². The summed E-state index contributed by atoms with van der Waals surface area (Å²) in [6.07, 6.45) is 1.99. The van der Waals surface area contributed by atoms with Crippen LogP contribution in [-0.4, -0.2) is 29.6 Å². The molecule has 1 N–H and O–H groups in total. The van der Waals surface area contributed by atoms with E-state index in [1.165, 1.54) is 0 Å². The number of hydrogen-bond donors (Lipinski definition) is 1. The van der Waals surface area contributed by atoms with Gasteiger partial charge in [0, 0.05) is 18.4 Å². The molecule has 0 fully saturated rings. The molecule has 1 amide bonds. The molecule has 1 aromatic heterocycles. The summed E-state index contributed by atoms with van der Waals surface area (Å²) in [5.41, 5.74) is 2.41. The third-order valence-electron chi connectivity index (χ3n) is 3.15. The van der Waals surface area contributed by atoms with Gasteiger partial charge in [0.1, 0.15) is 12.4 Å². The standard InChI is InChI=1S/C16H20N2O3S/c1-11-5-4-6-12(2)15(11)20-10-13-9-14(18-21-13)16(19)17-7-8-22-3/h4-6,9H,7-8,10H2,1-3H3,(H,17,19). The average molecular weight is 320 g/mol. The Kier molecular flexibility index (Phi) is 5.89. The average Bonchev–Trinajstić information content (AvgIpc) is 2.96. The number of thioether (sulfide) groups is 1. The summed E-state index contributed by atoms with van der Waals surface area (Å²) in [4.78, 5) is 11.8. The molecule has 0 atom stereocenters. The van der Waals surface area contributed by atoms with Gasteiger partial charge in [-0.25, -0.2) is 0 Å². The number of hydrogen-bond acceptors (Lipinski definition) is 5. The Morgan fingerprint density at radius 2 is 2.09 bits per heavy atom. The minimum atomic E-state index is -0.226. The van der Waals surface area contributed by atoms with Crippen LogP contribution in [0.2, 0.25) is 0 Å². The smallest absolute Gasteiger partial charge is 0.273 e. The largest absolute Gasteiger partial charge is 0.485 e. The van der Waals surface area contributed by atoms with E-state index in [-0.39, 0.29) is 18.2 Å². The van der Waals surface area contributed by atoms with Gasteiger partial charge >= 0.3 is 0 Å². The first kappa shape index (κ1) is 16.4. The third kappa shape index (κ3) is 4.27. The molecule has 0 aliphatic heterocycles. The zero-order chi connectivity index (χ0) is 15.9. The predicted molar refractivity (Wildman–Crippen MR) is 87.5 cm³/mol. The van der Waals surface area contributed by atoms with E-state index in [1.807, 2.05) is 38.3 Å². The van der Waals surface area contributed by atoms with Gasteiger partial charge in [-0.3, -0.25) is 4.79 Å². The number of carbonyl (C=O) groups is 1. The first-order valence-corrected chi connectivity index (χ1v) is 8.43. The number of aryl methyl sites for hydroxylation is 2. The monoisotopic (exact) mass is 320 g/mol. The quantitative estimate of drug-likeness (QED) is 0.795. The van der Waals surface area contributed by atoms with Gasteiger partial charge in [-0.15, -0.1) is 0 Å². The van der Waals surface area contributed by atoms with E-state index < -0.39 is 0 Å². The van der Waals surface area contributed by atoms with Gasteiger partial charge in [-0.2, -0.15) is 11.8 Å². The molecule has 0 spiro atoms. The summed E-state index contributed by atoms with van der Waals surface area (Å²) in [6.45, 7) is 4.85. The van der Waals surface area contributed by atoms with Crippen molar-refractivity contribution < 1.29 is 14.1 Å². The van der Waals surface area contributed by atoms with E-state index in [9.17, 15) is 4.79 Å². The summed E-state index contributed by atoms with van der Waals surface area (Å²) < 4.78 is 10.9. The number of nitrogens with one attached hydrogen (secondary N) is 1. The van der Waals surface area contributed by atoms with Crippen LogP contribution in [0.3, 0.4) is 0 Å². The number of aromatic nitrogens is 1. The van der Waals surface area contributed by atoms with Gasteiger partial charge < -0.3 is 14.6 Å². The zero-order valence-electron chi connectivity index (χ0n) is 13.0. The summed E-state index contributed by atoms with van der Waals surface area (Å²) in [7, 11) is 0. The molecule has 1 aromatic carbocycles. The van der Waals surface area contributed by atoms with Crippen molar-refractivity contribution in [1.82, 2.24) is 10.5 Å². The van der Waals surface area contributed by atoms with Crippen molar-refractivity contribution in [2.75, 3.05) is 18.6 Å². The van der Waals surface area contributed by atoms with E-state index in [2.05, 4.69) is 10.5 Å². The van der Waals surface area contributed by atoms with Crippen LogP contribution in [-0.2, 0) is 6.61 Å². The number of amides is 1. The molecule has 118 valence electrons. The number of benzene rings is 1. The lowest BCUT2D eigenvalue weighted by Gasteiger charge is -2.09. The van der Waals surface area contributed by atoms with Crippen LogP contribution in [0.25, 0.3) is 0 Å². The van der Waals surface area contributed by atoms with Crippen LogP contribution in [0, 0.1) is 13.8 Å². The number of para-hydroxylation sites is 1. The fourth-order valence-electron chi connectivity index (χ4n) is 2.02. The fraction of sp³-hybridized carbons (Fsp3) is 0.375. The third-order valence-corrected chi connectivity index (χ3v) is 3.76. The van der Waals surface area contributed by atoms with Crippen molar-refractivity contribution in [1.29, 1.82) is 0 Å². The normalized spacial score (nSPS) is 10.5. The second-order valence-electron chi connectivity index (χ2n) is 4.94. The van der Waals surface area contributed by atoms with E-state index in [1.54, 1.807) is 17.8 Å². The summed E-state index contributed by atoms with van der Waals surface area (Å²) >= 11 is 1.67. The van der Waals surface area contributed by atoms with E-state index >= 15 is 0 Å². The maximum absolute atomic E-state index is 11.8. The molecular weight excluding hydrogens is 300 g/mol. The molecule has 22 heavy (non-hydrogen) atoms. The van der Waals surface area contributed by atoms with Gasteiger partial charge in [0.05, 0.1) is 0 Å². The Labute approximate surface area is 134 Å². The Hall–Kier alpha value is -1.95. The van der Waals surface area contributed by atoms with Crippen LogP contribution in [0.4, 0.5) is 0 Å². The molecular formula is C16H20N2O3S. The highest BCUT2D eigenvalue weighted by Crippen LogP contribution is 2.23. The highest BCUT2D eigenvalue weighted by Gasteiger charge is 2.13. The van der Waals surface area contributed by atoms with Crippen molar-refractivity contribution >= 4 is 17.7 Å². The first-order chi connectivity index (χ1) is 10.6. The molecule has 0 unspecified atom stereocenters. The van der Waals surface area contributed by atoms with Crippen LogP contribution < -0.4 is 10.1 Å². The number of rotatable bonds is 7. The minimum Gasteiger partial charge on any atom is -0.485 e. The van der Waals surface area contributed by atoms with Gasteiger partial charge in [-0.05, 0) is 31.2 Å². The second-order valence-corrected chi connectivity index (χ2v) is 5.92. The molecule has 0 saturated carbocycles. The van der Waals surface area contributed by atoms with Gasteiger partial charge in [0.25, 0.3) is 5.91 Å². The van der Waals surface area contributed by atoms with Crippen LogP contribution in [0.1, 0.15) is 27.4 Å². The number of ether oxygens (including phenoxy) is 1. The van der Waals surface area contributed by atoms with E-state index in [4.69, 9.17) is 9.26 Å². The lowest BCUT2D eigenvalue weighted by atomic mass is 10.1. The summed E-state index contributed by atoms with van der Waals surface area (Å²) in [5, 5.41) is 6.56. The van der Waals surface area contributed by atoms with Crippen molar-refractivity contribution in [3.05, 3.63) is 46.8 Å². The van der Waals surface area contributed by atoms with Gasteiger partial charge in [-0.1, -0.05) is 23.4 Å². The Bertz CT molecular complexity index is 620. The molecule has 0 radical (unpaired) electrons. The lowest BCUT2D eigenvalue weighted by Crippen LogP contribution is -2.25. The van der Waals surface area contributed by atoms with Gasteiger partial charge in [0.15, 0.2) is 11.5 Å². The molecule has 2 aromatic rings. The minimum absolute atomic E-state index is 0.226. The maximum atomic E-state index is 11.8. The summed E-state index contributed by atoms with van der Waals surface area (Å²) in [5.74, 6) is 2.00. The SMILES string of the molecule is CSCCNC(=O)c1cc(COc2c(C)cccc2C)on1. The molecule has 0 aliphatic carbocycles. The molecule has 0 saturated heterocycles. The maximum Gasteiger partial charge on any atom is 0.273 e. The molecule has 6 heteroatoms. The predicted octanol–water partition coefficient (Wildman–Crippen LogP) is 2.96. The summed E-state index contributed by atoms with van der Waals surface area (Å²) in [6, 6.07) is 7.59. The second kappa shape index (κ2) is 7.89. The topological polar surface area (TPSA) is 64.4 Å². The van der Waals surface area contributed by atoms with Crippen LogP contribution in [0.5, 0.6) is 5.75 Å². The number of nitrogens with zero attached hydrogens (tertiary/aromatic N) is 1. The Morgan fingerprint density at radius 3 is 2.77 bits per heavy atom. The first-order valence-electron chi connectivity index (χ1n) is 7.03. The molecule has 5 nitrogen and oxygen atoms in total. The Balaban J connectivity index is 1.93. The van der Waals surface area contributed by atoms with Crippen LogP contribution >= 0.6 is 11.8 Å². The Morgan fingerprint density at radius 1 is 1.36 bits per heavy atom. The molecule has 0 bridgehead atoms. The highest BCUT2D eigenvalue weighted by molar-refractivity contribution is 7.98. The van der Waals surface area contributed by atoms with E-state index in [0.29, 0.717) is 12.3 Å². The fourth-order valence-corrected chi connectivity index (χ4v) is 2.32. The highest BCUT2D eigenvalue weighted by atomic mass is 32.2. The molecule has 0 aliphatic rings.